The molecule has 0 aliphatic carbocycles. The van der Waals surface area contributed by atoms with Crippen LogP contribution in [0.25, 0.3) is 0 Å². The van der Waals surface area contributed by atoms with Crippen molar-refractivity contribution in [2.75, 3.05) is 26.2 Å². The number of hydrogen-bond donors (Lipinski definition) is 2. The number of carbonyl (C=O) groups is 1. The molecule has 4 heteroatoms. The summed E-state index contributed by atoms with van der Waals surface area (Å²) in [7, 11) is 0. The number of rotatable bonds is 4. The lowest BCUT2D eigenvalue weighted by Crippen LogP contribution is -2.36. The smallest absolute Gasteiger partial charge is 0.303 e. The highest BCUT2D eigenvalue weighted by Crippen LogP contribution is 2.08. The minimum absolute atomic E-state index is 0.283. The number of aliphatic carboxylic acids is 1. The topological polar surface area (TPSA) is 52.6 Å². The molecule has 0 aromatic heterocycles. The normalized spacial score (nSPS) is 21.5. The first-order valence-corrected chi connectivity index (χ1v) is 5.36. The van der Waals surface area contributed by atoms with Crippen LogP contribution in [0, 0.1) is 0 Å². The first-order valence-electron chi connectivity index (χ1n) is 5.36. The summed E-state index contributed by atoms with van der Waals surface area (Å²) in [6.45, 7) is 6.36. The number of carboxylic acids is 1. The van der Waals surface area contributed by atoms with Crippen molar-refractivity contribution in [3.8, 4) is 0 Å². The second-order valence-corrected chi connectivity index (χ2v) is 3.92. The molecule has 1 atom stereocenters. The van der Waals surface area contributed by atoms with Crippen molar-refractivity contribution in [3.63, 3.8) is 0 Å². The average Bonchev–Trinajstić information content (AvgIpc) is 2.42. The molecule has 0 aromatic rings. The summed E-state index contributed by atoms with van der Waals surface area (Å²) in [5.74, 6) is -0.690. The van der Waals surface area contributed by atoms with Crippen LogP contribution in [-0.4, -0.2) is 48.2 Å². The Morgan fingerprint density at radius 1 is 1.50 bits per heavy atom. The predicted molar refractivity (Wildman–Crippen MR) is 55.4 cm³/mol. The second-order valence-electron chi connectivity index (χ2n) is 3.92. The molecule has 0 amide bonds. The van der Waals surface area contributed by atoms with E-state index in [1.807, 2.05) is 0 Å². The summed E-state index contributed by atoms with van der Waals surface area (Å²) < 4.78 is 0. The molecule has 1 saturated heterocycles. The molecule has 0 radical (unpaired) electrons. The zero-order valence-electron chi connectivity index (χ0n) is 8.83. The summed E-state index contributed by atoms with van der Waals surface area (Å²) in [4.78, 5) is 12.8. The number of nitrogens with zero attached hydrogens (tertiary/aromatic N) is 1. The molecular formula is C10H20N2O2. The maximum atomic E-state index is 10.4. The van der Waals surface area contributed by atoms with Crippen LogP contribution < -0.4 is 5.32 Å². The quantitative estimate of drug-likeness (QED) is 0.695. The summed E-state index contributed by atoms with van der Waals surface area (Å²) in [5.41, 5.74) is 0. The maximum absolute atomic E-state index is 10.4. The van der Waals surface area contributed by atoms with Crippen molar-refractivity contribution in [3.05, 3.63) is 0 Å². The van der Waals surface area contributed by atoms with Crippen molar-refractivity contribution in [2.45, 2.75) is 32.2 Å². The van der Waals surface area contributed by atoms with Gasteiger partial charge in [-0.3, -0.25) is 9.69 Å². The average molecular weight is 200 g/mol. The Morgan fingerprint density at radius 2 is 2.29 bits per heavy atom. The molecule has 1 rings (SSSR count). The fraction of sp³-hybridized carbons (Fsp3) is 0.900. The van der Waals surface area contributed by atoms with Crippen molar-refractivity contribution in [1.29, 1.82) is 0 Å². The molecule has 0 bridgehead atoms. The molecule has 1 unspecified atom stereocenters. The first-order chi connectivity index (χ1) is 6.70. The van der Waals surface area contributed by atoms with Crippen LogP contribution in [0.1, 0.15) is 26.2 Å². The Bertz CT molecular complexity index is 177. The van der Waals surface area contributed by atoms with E-state index >= 15 is 0 Å². The molecule has 4 nitrogen and oxygen atoms in total. The van der Waals surface area contributed by atoms with Crippen LogP contribution in [0.4, 0.5) is 0 Å². The van der Waals surface area contributed by atoms with E-state index in [0.29, 0.717) is 6.04 Å². The summed E-state index contributed by atoms with van der Waals surface area (Å²) in [6.07, 6.45) is 2.21. The first kappa shape index (κ1) is 11.5. The molecule has 14 heavy (non-hydrogen) atoms. The van der Waals surface area contributed by atoms with Gasteiger partial charge in [-0.15, -0.1) is 0 Å². The Morgan fingerprint density at radius 3 is 3.00 bits per heavy atom. The second kappa shape index (κ2) is 5.98. The Labute approximate surface area is 85.3 Å². The molecular weight excluding hydrogens is 180 g/mol. The van der Waals surface area contributed by atoms with E-state index in [9.17, 15) is 4.79 Å². The SMILES string of the molecule is CC(CCC(=O)O)N1CCCNCC1. The number of hydrogen-bond acceptors (Lipinski definition) is 3. The number of nitrogens with one attached hydrogen (secondary N) is 1. The van der Waals surface area contributed by atoms with Gasteiger partial charge in [-0.25, -0.2) is 0 Å². The minimum atomic E-state index is -0.690. The van der Waals surface area contributed by atoms with Gasteiger partial charge in [-0.2, -0.15) is 0 Å². The fourth-order valence-electron chi connectivity index (χ4n) is 1.82. The van der Waals surface area contributed by atoms with E-state index in [1.165, 1.54) is 0 Å². The third kappa shape index (κ3) is 4.07. The highest BCUT2D eigenvalue weighted by atomic mass is 16.4. The van der Waals surface area contributed by atoms with Crippen LogP contribution >= 0.6 is 0 Å². The highest BCUT2D eigenvalue weighted by Gasteiger charge is 2.15. The van der Waals surface area contributed by atoms with Crippen molar-refractivity contribution >= 4 is 5.97 Å². The zero-order valence-corrected chi connectivity index (χ0v) is 8.83. The van der Waals surface area contributed by atoms with E-state index in [4.69, 9.17) is 5.11 Å². The van der Waals surface area contributed by atoms with Gasteiger partial charge >= 0.3 is 5.97 Å². The summed E-state index contributed by atoms with van der Waals surface area (Å²) in [6, 6.07) is 0.394. The van der Waals surface area contributed by atoms with Gasteiger partial charge in [0.2, 0.25) is 0 Å². The number of carboxylic acid groups (broad SMARTS) is 1. The largest absolute Gasteiger partial charge is 0.481 e. The zero-order chi connectivity index (χ0) is 10.4. The van der Waals surface area contributed by atoms with Gasteiger partial charge in [0.15, 0.2) is 0 Å². The van der Waals surface area contributed by atoms with Crippen LogP contribution in [0.15, 0.2) is 0 Å². The van der Waals surface area contributed by atoms with E-state index in [0.717, 1.165) is 39.0 Å². The summed E-state index contributed by atoms with van der Waals surface area (Å²) in [5, 5.41) is 11.9. The van der Waals surface area contributed by atoms with Gasteiger partial charge in [0.25, 0.3) is 0 Å². The van der Waals surface area contributed by atoms with Gasteiger partial charge in [0.05, 0.1) is 0 Å². The molecule has 1 aliphatic rings. The Balaban J connectivity index is 2.26. The van der Waals surface area contributed by atoms with E-state index in [1.54, 1.807) is 0 Å². The van der Waals surface area contributed by atoms with Gasteiger partial charge in [-0.1, -0.05) is 0 Å². The lowest BCUT2D eigenvalue weighted by Gasteiger charge is -2.26. The van der Waals surface area contributed by atoms with Crippen LogP contribution in [-0.2, 0) is 4.79 Å². The van der Waals surface area contributed by atoms with Crippen LogP contribution in [0.5, 0.6) is 0 Å². The third-order valence-corrected chi connectivity index (χ3v) is 2.77. The minimum Gasteiger partial charge on any atom is -0.481 e. The lowest BCUT2D eigenvalue weighted by molar-refractivity contribution is -0.137. The molecule has 1 aliphatic heterocycles. The van der Waals surface area contributed by atoms with Crippen molar-refractivity contribution < 1.29 is 9.90 Å². The fourth-order valence-corrected chi connectivity index (χ4v) is 1.82. The van der Waals surface area contributed by atoms with Gasteiger partial charge in [-0.05, 0) is 32.9 Å². The Kier molecular flexibility index (Phi) is 4.90. The molecule has 0 spiro atoms. The van der Waals surface area contributed by atoms with Gasteiger partial charge in [0, 0.05) is 25.6 Å². The molecule has 2 N–H and O–H groups in total. The standard InChI is InChI=1S/C10H20N2O2/c1-9(3-4-10(13)14)12-7-2-5-11-6-8-12/h9,11H,2-8H2,1H3,(H,13,14). The summed E-state index contributed by atoms with van der Waals surface area (Å²) >= 11 is 0. The highest BCUT2D eigenvalue weighted by molar-refractivity contribution is 5.66. The molecule has 1 heterocycles. The third-order valence-electron chi connectivity index (χ3n) is 2.77. The van der Waals surface area contributed by atoms with Gasteiger partial charge in [0.1, 0.15) is 0 Å². The molecule has 0 saturated carbocycles. The molecule has 1 fully saturated rings. The van der Waals surface area contributed by atoms with E-state index in [2.05, 4.69) is 17.1 Å². The van der Waals surface area contributed by atoms with Gasteiger partial charge < -0.3 is 10.4 Å². The lowest BCUT2D eigenvalue weighted by atomic mass is 10.1. The van der Waals surface area contributed by atoms with E-state index in [-0.39, 0.29) is 6.42 Å². The van der Waals surface area contributed by atoms with Crippen LogP contribution in [0.2, 0.25) is 0 Å². The predicted octanol–water partition coefficient (Wildman–Crippen LogP) is 0.535. The maximum Gasteiger partial charge on any atom is 0.303 e. The van der Waals surface area contributed by atoms with E-state index < -0.39 is 5.97 Å². The van der Waals surface area contributed by atoms with Crippen molar-refractivity contribution in [1.82, 2.24) is 10.2 Å². The monoisotopic (exact) mass is 200 g/mol. The van der Waals surface area contributed by atoms with Crippen molar-refractivity contribution in [2.24, 2.45) is 0 Å². The molecule has 0 aromatic carbocycles. The van der Waals surface area contributed by atoms with Crippen LogP contribution in [0.3, 0.4) is 0 Å². The molecule has 82 valence electrons. The Hall–Kier alpha value is -0.610.